The minimum absolute atomic E-state index is 0.0816. The Balaban J connectivity index is 3.51. The molecule has 0 rings (SSSR count). The maximum atomic E-state index is 11.3. The van der Waals surface area contributed by atoms with Crippen LogP contribution in [0.5, 0.6) is 0 Å². The van der Waals surface area contributed by atoms with Gasteiger partial charge in [-0.15, -0.1) is 0 Å². The first-order valence-corrected chi connectivity index (χ1v) is 5.53. The van der Waals surface area contributed by atoms with Gasteiger partial charge in [0.1, 0.15) is 0 Å². The van der Waals surface area contributed by atoms with Crippen LogP contribution in [0.2, 0.25) is 0 Å². The third-order valence-corrected chi connectivity index (χ3v) is 2.19. The Morgan fingerprint density at radius 2 is 1.94 bits per heavy atom. The van der Waals surface area contributed by atoms with Crippen molar-refractivity contribution < 1.29 is 14.7 Å². The number of nitrogens with one attached hydrogen (secondary N) is 1. The predicted octanol–water partition coefficient (Wildman–Crippen LogP) is -0.576. The molecule has 94 valence electrons. The van der Waals surface area contributed by atoms with Crippen molar-refractivity contribution in [1.29, 1.82) is 0 Å². The fourth-order valence-corrected chi connectivity index (χ4v) is 1.20. The van der Waals surface area contributed by atoms with Crippen LogP contribution in [0.15, 0.2) is 0 Å². The lowest BCUT2D eigenvalue weighted by Gasteiger charge is -2.10. The fourth-order valence-electron chi connectivity index (χ4n) is 1.20. The second kappa shape index (κ2) is 9.11. The molecule has 0 aliphatic rings. The molecule has 16 heavy (non-hydrogen) atoms. The fraction of sp³-hybridized carbons (Fsp3) is 0.800. The van der Waals surface area contributed by atoms with Gasteiger partial charge in [-0.3, -0.25) is 9.59 Å². The molecule has 0 spiro atoms. The first-order chi connectivity index (χ1) is 7.57. The third kappa shape index (κ3) is 8.19. The smallest absolute Gasteiger partial charge is 0.303 e. The van der Waals surface area contributed by atoms with Gasteiger partial charge in [0.2, 0.25) is 5.91 Å². The molecule has 1 atom stereocenters. The van der Waals surface area contributed by atoms with Crippen molar-refractivity contribution in [2.45, 2.75) is 38.1 Å². The number of hydrogen-bond donors (Lipinski definition) is 4. The average Bonchev–Trinajstić information content (AvgIpc) is 2.25. The summed E-state index contributed by atoms with van der Waals surface area (Å²) in [6.07, 6.45) is 2.88. The Labute approximate surface area is 95.4 Å². The molecular formula is C10H21N3O3. The Morgan fingerprint density at radius 3 is 2.50 bits per heavy atom. The molecule has 0 saturated heterocycles. The van der Waals surface area contributed by atoms with Gasteiger partial charge in [-0.25, -0.2) is 0 Å². The van der Waals surface area contributed by atoms with Crippen LogP contribution in [0.25, 0.3) is 0 Å². The summed E-state index contributed by atoms with van der Waals surface area (Å²) in [5, 5.41) is 11.1. The maximum absolute atomic E-state index is 11.3. The molecule has 0 aromatic rings. The van der Waals surface area contributed by atoms with Gasteiger partial charge < -0.3 is 21.9 Å². The molecule has 0 aromatic carbocycles. The van der Waals surface area contributed by atoms with Gasteiger partial charge in [0, 0.05) is 13.0 Å². The van der Waals surface area contributed by atoms with Crippen molar-refractivity contribution in [3.63, 3.8) is 0 Å². The molecule has 0 bridgehead atoms. The summed E-state index contributed by atoms with van der Waals surface area (Å²) in [6, 6.07) is -0.731. The summed E-state index contributed by atoms with van der Waals surface area (Å²) in [4.78, 5) is 21.6. The topological polar surface area (TPSA) is 118 Å². The van der Waals surface area contributed by atoms with Gasteiger partial charge in [0.15, 0.2) is 0 Å². The molecule has 0 saturated carbocycles. The standard InChI is InChI=1S/C10H21N3O3/c11-6-2-1-3-7-13-10(16)8(12)4-5-9(14)15/h8H,1-7,11-12H2,(H,13,16)(H,14,15)/t8-/m0/s1. The van der Waals surface area contributed by atoms with Crippen molar-refractivity contribution in [2.75, 3.05) is 13.1 Å². The zero-order chi connectivity index (χ0) is 12.4. The van der Waals surface area contributed by atoms with E-state index < -0.39 is 12.0 Å². The van der Waals surface area contributed by atoms with E-state index in [0.29, 0.717) is 13.1 Å². The van der Waals surface area contributed by atoms with Crippen LogP contribution in [0.4, 0.5) is 0 Å². The molecule has 6 heteroatoms. The maximum Gasteiger partial charge on any atom is 0.303 e. The van der Waals surface area contributed by atoms with Crippen molar-refractivity contribution in [3.8, 4) is 0 Å². The normalized spacial score (nSPS) is 12.1. The highest BCUT2D eigenvalue weighted by Gasteiger charge is 2.13. The molecule has 0 heterocycles. The highest BCUT2D eigenvalue weighted by Crippen LogP contribution is 1.96. The van der Waals surface area contributed by atoms with Crippen LogP contribution in [0.3, 0.4) is 0 Å². The zero-order valence-corrected chi connectivity index (χ0v) is 9.45. The number of carbonyl (C=O) groups excluding carboxylic acids is 1. The van der Waals surface area contributed by atoms with Gasteiger partial charge in [0.05, 0.1) is 6.04 Å². The largest absolute Gasteiger partial charge is 0.481 e. The second-order valence-corrected chi connectivity index (χ2v) is 3.68. The summed E-state index contributed by atoms with van der Waals surface area (Å²) in [5.74, 6) is -1.22. The Morgan fingerprint density at radius 1 is 1.25 bits per heavy atom. The molecule has 1 amide bonds. The lowest BCUT2D eigenvalue weighted by Crippen LogP contribution is -2.41. The first-order valence-electron chi connectivity index (χ1n) is 5.53. The Hall–Kier alpha value is -1.14. The van der Waals surface area contributed by atoms with E-state index in [9.17, 15) is 9.59 Å². The van der Waals surface area contributed by atoms with Gasteiger partial charge in [-0.2, -0.15) is 0 Å². The highest BCUT2D eigenvalue weighted by atomic mass is 16.4. The quantitative estimate of drug-likeness (QED) is 0.396. The van der Waals surface area contributed by atoms with Crippen molar-refractivity contribution >= 4 is 11.9 Å². The second-order valence-electron chi connectivity index (χ2n) is 3.68. The number of carboxylic acids is 1. The van der Waals surface area contributed by atoms with Gasteiger partial charge in [-0.05, 0) is 25.8 Å². The number of carboxylic acid groups (broad SMARTS) is 1. The summed E-state index contributed by atoms with van der Waals surface area (Å²) in [7, 11) is 0. The van der Waals surface area contributed by atoms with Crippen molar-refractivity contribution in [1.82, 2.24) is 5.32 Å². The van der Waals surface area contributed by atoms with Gasteiger partial charge in [-0.1, -0.05) is 6.42 Å². The van der Waals surface area contributed by atoms with Crippen LogP contribution < -0.4 is 16.8 Å². The van der Waals surface area contributed by atoms with Gasteiger partial charge in [0.25, 0.3) is 0 Å². The van der Waals surface area contributed by atoms with E-state index in [-0.39, 0.29) is 18.7 Å². The summed E-state index contributed by atoms with van der Waals surface area (Å²) in [6.45, 7) is 1.23. The third-order valence-electron chi connectivity index (χ3n) is 2.19. The number of rotatable bonds is 9. The molecule has 0 fully saturated rings. The van der Waals surface area contributed by atoms with Crippen LogP contribution in [0, 0.1) is 0 Å². The van der Waals surface area contributed by atoms with E-state index in [1.165, 1.54) is 0 Å². The molecule has 6 nitrogen and oxygen atoms in total. The number of aliphatic carboxylic acids is 1. The van der Waals surface area contributed by atoms with Crippen molar-refractivity contribution in [2.24, 2.45) is 11.5 Å². The molecular weight excluding hydrogens is 210 g/mol. The van der Waals surface area contributed by atoms with E-state index in [4.69, 9.17) is 16.6 Å². The zero-order valence-electron chi connectivity index (χ0n) is 9.45. The summed E-state index contributed by atoms with van der Waals surface area (Å²) in [5.41, 5.74) is 10.8. The van der Waals surface area contributed by atoms with Crippen molar-refractivity contribution in [3.05, 3.63) is 0 Å². The van der Waals surface area contributed by atoms with Crippen LogP contribution in [0.1, 0.15) is 32.1 Å². The number of amides is 1. The van der Waals surface area contributed by atoms with Crippen LogP contribution in [-0.4, -0.2) is 36.1 Å². The Kier molecular flexibility index (Phi) is 8.46. The molecule has 0 aliphatic carbocycles. The number of nitrogens with two attached hydrogens (primary N) is 2. The summed E-state index contributed by atoms with van der Waals surface area (Å²) < 4.78 is 0. The van der Waals surface area contributed by atoms with Crippen LogP contribution >= 0.6 is 0 Å². The summed E-state index contributed by atoms with van der Waals surface area (Å²) >= 11 is 0. The van der Waals surface area contributed by atoms with E-state index in [2.05, 4.69) is 5.32 Å². The van der Waals surface area contributed by atoms with Gasteiger partial charge >= 0.3 is 5.97 Å². The molecule has 6 N–H and O–H groups in total. The first kappa shape index (κ1) is 14.9. The minimum Gasteiger partial charge on any atom is -0.481 e. The molecule has 0 aromatic heterocycles. The number of hydrogen-bond acceptors (Lipinski definition) is 4. The number of unbranched alkanes of at least 4 members (excludes halogenated alkanes) is 2. The monoisotopic (exact) mass is 231 g/mol. The predicted molar refractivity (Wildman–Crippen MR) is 60.8 cm³/mol. The van der Waals surface area contributed by atoms with E-state index in [1.807, 2.05) is 0 Å². The van der Waals surface area contributed by atoms with E-state index in [0.717, 1.165) is 19.3 Å². The highest BCUT2D eigenvalue weighted by molar-refractivity contribution is 5.82. The molecule has 0 radical (unpaired) electrons. The molecule has 0 unspecified atom stereocenters. The number of carbonyl (C=O) groups is 2. The van der Waals surface area contributed by atoms with E-state index in [1.54, 1.807) is 0 Å². The van der Waals surface area contributed by atoms with E-state index >= 15 is 0 Å². The lowest BCUT2D eigenvalue weighted by atomic mass is 10.1. The lowest BCUT2D eigenvalue weighted by molar-refractivity contribution is -0.137. The average molecular weight is 231 g/mol. The molecule has 0 aliphatic heterocycles. The van der Waals surface area contributed by atoms with Crippen LogP contribution in [-0.2, 0) is 9.59 Å². The Bertz CT molecular complexity index is 221. The minimum atomic E-state index is -0.939. The SMILES string of the molecule is NCCCCCNC(=O)[C@@H](N)CCC(=O)O.